The van der Waals surface area contributed by atoms with Crippen LogP contribution >= 0.6 is 0 Å². The molecule has 0 amide bonds. The van der Waals surface area contributed by atoms with Crippen molar-refractivity contribution in [2.75, 3.05) is 23.3 Å². The van der Waals surface area contributed by atoms with Crippen molar-refractivity contribution in [2.24, 2.45) is 0 Å². The molecule has 0 saturated heterocycles. The molecule has 0 bridgehead atoms. The zero-order valence-electron chi connectivity index (χ0n) is 10.5. The van der Waals surface area contributed by atoms with Crippen LogP contribution in [0.1, 0.15) is 5.56 Å². The Hall–Kier alpha value is -2.17. The molecule has 2 nitrogen and oxygen atoms in total. The molecule has 3 rings (SSSR count). The van der Waals surface area contributed by atoms with E-state index in [1.165, 1.54) is 12.1 Å². The minimum atomic E-state index is -4.30. The van der Waals surface area contributed by atoms with Crippen LogP contribution in [0.3, 0.4) is 0 Å². The highest BCUT2D eigenvalue weighted by Gasteiger charge is 2.30. The molecule has 0 spiro atoms. The number of fused-ring (bicyclic) bond motifs is 1. The standard InChI is InChI=1S/C15H12F3N2/c16-15(17,18)11-5-7-12(8-6-11)20-10-9-19-13-3-1-2-4-14(13)20/h1-2,4-8,19H,9-10H2. The van der Waals surface area contributed by atoms with Crippen LogP contribution in [0, 0.1) is 6.07 Å². The second kappa shape index (κ2) is 4.74. The molecule has 1 radical (unpaired) electrons. The third-order valence-corrected chi connectivity index (χ3v) is 3.27. The first-order valence-electron chi connectivity index (χ1n) is 6.25. The van der Waals surface area contributed by atoms with Crippen LogP contribution in [0.2, 0.25) is 0 Å². The Morgan fingerprint density at radius 1 is 1.10 bits per heavy atom. The molecule has 1 aliphatic rings. The lowest BCUT2D eigenvalue weighted by atomic mass is 10.1. The highest BCUT2D eigenvalue weighted by molar-refractivity contribution is 5.78. The van der Waals surface area contributed by atoms with Gasteiger partial charge in [0.2, 0.25) is 0 Å². The Morgan fingerprint density at radius 2 is 1.85 bits per heavy atom. The summed E-state index contributed by atoms with van der Waals surface area (Å²) in [4.78, 5) is 1.99. The van der Waals surface area contributed by atoms with Gasteiger partial charge in [0.05, 0.1) is 16.9 Å². The minimum Gasteiger partial charge on any atom is -0.381 e. The normalized spacial score (nSPS) is 14.7. The average Bonchev–Trinajstić information content (AvgIpc) is 2.46. The van der Waals surface area contributed by atoms with Crippen LogP contribution in [-0.4, -0.2) is 13.1 Å². The SMILES string of the molecule is FC(F)(F)c1ccc(N2CCNc3[c]cccc32)cc1. The smallest absolute Gasteiger partial charge is 0.381 e. The van der Waals surface area contributed by atoms with E-state index in [0.29, 0.717) is 6.54 Å². The molecule has 0 aliphatic carbocycles. The van der Waals surface area contributed by atoms with E-state index in [9.17, 15) is 13.2 Å². The van der Waals surface area contributed by atoms with Gasteiger partial charge in [-0.3, -0.25) is 0 Å². The fourth-order valence-corrected chi connectivity index (χ4v) is 2.31. The van der Waals surface area contributed by atoms with Gasteiger partial charge < -0.3 is 10.2 Å². The molecule has 0 atom stereocenters. The largest absolute Gasteiger partial charge is 0.416 e. The molecule has 1 heterocycles. The van der Waals surface area contributed by atoms with Gasteiger partial charge in [-0.05, 0) is 30.3 Å². The summed E-state index contributed by atoms with van der Waals surface area (Å²) in [6, 6.07) is 13.9. The monoisotopic (exact) mass is 277 g/mol. The Balaban J connectivity index is 1.95. The maximum absolute atomic E-state index is 12.6. The van der Waals surface area contributed by atoms with Crippen LogP contribution in [0.15, 0.2) is 42.5 Å². The van der Waals surface area contributed by atoms with Crippen molar-refractivity contribution < 1.29 is 13.2 Å². The lowest BCUT2D eigenvalue weighted by molar-refractivity contribution is -0.137. The molecule has 5 heteroatoms. The van der Waals surface area contributed by atoms with Crippen LogP contribution in [-0.2, 0) is 6.18 Å². The molecule has 1 aliphatic heterocycles. The predicted octanol–water partition coefficient (Wildman–Crippen LogP) is 4.07. The number of benzene rings is 2. The molecule has 0 saturated carbocycles. The number of rotatable bonds is 1. The Kier molecular flexibility index (Phi) is 3.04. The number of nitrogens with zero attached hydrogens (tertiary/aromatic N) is 1. The second-order valence-electron chi connectivity index (χ2n) is 4.55. The summed E-state index contributed by atoms with van der Waals surface area (Å²) >= 11 is 0. The highest BCUT2D eigenvalue weighted by Crippen LogP contribution is 2.36. The van der Waals surface area contributed by atoms with E-state index >= 15 is 0 Å². The van der Waals surface area contributed by atoms with E-state index < -0.39 is 11.7 Å². The number of anilines is 3. The molecule has 2 aromatic carbocycles. The van der Waals surface area contributed by atoms with Crippen LogP contribution in [0.5, 0.6) is 0 Å². The first kappa shape index (κ1) is 12.8. The number of alkyl halides is 3. The van der Waals surface area contributed by atoms with Crippen LogP contribution < -0.4 is 10.2 Å². The zero-order valence-corrected chi connectivity index (χ0v) is 10.5. The number of nitrogens with one attached hydrogen (secondary N) is 1. The molecule has 20 heavy (non-hydrogen) atoms. The van der Waals surface area contributed by atoms with E-state index in [1.54, 1.807) is 0 Å². The molecular formula is C15H12F3N2. The fraction of sp³-hybridized carbons (Fsp3) is 0.200. The van der Waals surface area contributed by atoms with Crippen molar-refractivity contribution in [3.05, 3.63) is 54.1 Å². The average molecular weight is 277 g/mol. The van der Waals surface area contributed by atoms with Crippen molar-refractivity contribution in [1.29, 1.82) is 0 Å². The number of para-hydroxylation sites is 1. The summed E-state index contributed by atoms with van der Waals surface area (Å²) in [5.41, 5.74) is 1.92. The third-order valence-electron chi connectivity index (χ3n) is 3.27. The van der Waals surface area contributed by atoms with Crippen LogP contribution in [0.25, 0.3) is 0 Å². The predicted molar refractivity (Wildman–Crippen MR) is 72.2 cm³/mol. The first-order chi connectivity index (χ1) is 9.55. The van der Waals surface area contributed by atoms with Gasteiger partial charge in [0.1, 0.15) is 0 Å². The summed E-state index contributed by atoms with van der Waals surface area (Å²) in [5, 5.41) is 3.22. The maximum atomic E-state index is 12.6. The van der Waals surface area contributed by atoms with Crippen molar-refractivity contribution in [2.45, 2.75) is 6.18 Å². The maximum Gasteiger partial charge on any atom is 0.416 e. The van der Waals surface area contributed by atoms with Gasteiger partial charge in [0.25, 0.3) is 0 Å². The van der Waals surface area contributed by atoms with E-state index in [-0.39, 0.29) is 0 Å². The topological polar surface area (TPSA) is 15.3 Å². The van der Waals surface area contributed by atoms with Crippen molar-refractivity contribution >= 4 is 17.1 Å². The quantitative estimate of drug-likeness (QED) is 0.845. The highest BCUT2D eigenvalue weighted by atomic mass is 19.4. The summed E-state index contributed by atoms with van der Waals surface area (Å²) in [6.07, 6.45) is -4.30. The molecule has 0 unspecified atom stereocenters. The van der Waals surface area contributed by atoms with Gasteiger partial charge in [-0.1, -0.05) is 12.1 Å². The van der Waals surface area contributed by atoms with E-state index in [0.717, 1.165) is 35.7 Å². The number of hydrogen-bond donors (Lipinski definition) is 1. The molecule has 1 N–H and O–H groups in total. The summed E-state index contributed by atoms with van der Waals surface area (Å²) in [6.45, 7) is 1.44. The van der Waals surface area contributed by atoms with Gasteiger partial charge in [0.15, 0.2) is 0 Å². The molecule has 0 aromatic heterocycles. The summed E-state index contributed by atoms with van der Waals surface area (Å²) < 4.78 is 37.7. The Labute approximate surface area is 114 Å². The molecular weight excluding hydrogens is 265 g/mol. The van der Waals surface area contributed by atoms with Gasteiger partial charge in [-0.2, -0.15) is 13.2 Å². The summed E-state index contributed by atoms with van der Waals surface area (Å²) in [7, 11) is 0. The first-order valence-corrected chi connectivity index (χ1v) is 6.25. The van der Waals surface area contributed by atoms with Crippen molar-refractivity contribution in [1.82, 2.24) is 0 Å². The summed E-state index contributed by atoms with van der Waals surface area (Å²) in [5.74, 6) is 0. The van der Waals surface area contributed by atoms with E-state index in [4.69, 9.17) is 0 Å². The second-order valence-corrected chi connectivity index (χ2v) is 4.55. The lowest BCUT2D eigenvalue weighted by Gasteiger charge is -2.32. The zero-order chi connectivity index (χ0) is 14.2. The Bertz CT molecular complexity index is 605. The van der Waals surface area contributed by atoms with E-state index in [1.807, 2.05) is 23.1 Å². The van der Waals surface area contributed by atoms with Gasteiger partial charge >= 0.3 is 6.18 Å². The molecule has 103 valence electrons. The fourth-order valence-electron chi connectivity index (χ4n) is 2.31. The van der Waals surface area contributed by atoms with Crippen molar-refractivity contribution in [3.63, 3.8) is 0 Å². The number of halogens is 3. The lowest BCUT2D eigenvalue weighted by Crippen LogP contribution is -2.30. The number of hydrogen-bond acceptors (Lipinski definition) is 2. The van der Waals surface area contributed by atoms with E-state index in [2.05, 4.69) is 11.4 Å². The van der Waals surface area contributed by atoms with Gasteiger partial charge in [0, 0.05) is 24.8 Å². The van der Waals surface area contributed by atoms with Gasteiger partial charge in [-0.15, -0.1) is 0 Å². The van der Waals surface area contributed by atoms with Crippen molar-refractivity contribution in [3.8, 4) is 0 Å². The molecule has 2 aromatic rings. The third kappa shape index (κ3) is 2.31. The van der Waals surface area contributed by atoms with Crippen LogP contribution in [0.4, 0.5) is 30.2 Å². The van der Waals surface area contributed by atoms with Gasteiger partial charge in [-0.25, -0.2) is 0 Å². The Morgan fingerprint density at radius 3 is 2.55 bits per heavy atom. The minimum absolute atomic E-state index is 0.628. The molecule has 0 fully saturated rings.